The summed E-state index contributed by atoms with van der Waals surface area (Å²) in [6, 6.07) is 10.8. The van der Waals surface area contributed by atoms with Crippen LogP contribution >= 0.6 is 0 Å². The van der Waals surface area contributed by atoms with Crippen molar-refractivity contribution >= 4 is 21.6 Å². The number of sulfonamides is 1. The molecule has 0 heterocycles. The maximum Gasteiger partial charge on any atom is 0.255 e. The molecule has 0 bridgehead atoms. The van der Waals surface area contributed by atoms with Crippen molar-refractivity contribution in [2.75, 3.05) is 32.1 Å². The van der Waals surface area contributed by atoms with Gasteiger partial charge in [0.05, 0.1) is 18.6 Å². The van der Waals surface area contributed by atoms with Crippen LogP contribution in [0.1, 0.15) is 17.3 Å². The largest absolute Gasteiger partial charge is 0.493 e. The molecule has 0 aliphatic carbocycles. The van der Waals surface area contributed by atoms with Crippen LogP contribution in [0, 0.1) is 0 Å². The van der Waals surface area contributed by atoms with Gasteiger partial charge in [0.1, 0.15) is 0 Å². The van der Waals surface area contributed by atoms with Gasteiger partial charge in [-0.15, -0.1) is 0 Å². The van der Waals surface area contributed by atoms with Gasteiger partial charge in [-0.3, -0.25) is 4.79 Å². The Balaban J connectivity index is 2.20. The average molecular weight is 393 g/mol. The van der Waals surface area contributed by atoms with E-state index < -0.39 is 15.9 Å². The highest BCUT2D eigenvalue weighted by molar-refractivity contribution is 7.89. The van der Waals surface area contributed by atoms with Gasteiger partial charge in [0.15, 0.2) is 11.5 Å². The molecule has 27 heavy (non-hydrogen) atoms. The van der Waals surface area contributed by atoms with E-state index in [-0.39, 0.29) is 18.0 Å². The monoisotopic (exact) mass is 393 g/mol. The van der Waals surface area contributed by atoms with Gasteiger partial charge in [-0.2, -0.15) is 0 Å². The molecule has 0 saturated heterocycles. The van der Waals surface area contributed by atoms with Crippen molar-refractivity contribution in [3.05, 3.63) is 48.0 Å². The number of anilines is 1. The Hall–Kier alpha value is -2.62. The number of hydrogen-bond acceptors (Lipinski definition) is 6. The van der Waals surface area contributed by atoms with E-state index in [1.54, 1.807) is 30.3 Å². The van der Waals surface area contributed by atoms with Gasteiger partial charge in [0.2, 0.25) is 10.0 Å². The van der Waals surface area contributed by atoms with Crippen molar-refractivity contribution < 1.29 is 22.7 Å². The van der Waals surface area contributed by atoms with E-state index in [1.807, 2.05) is 6.92 Å². The van der Waals surface area contributed by atoms with Gasteiger partial charge < -0.3 is 20.5 Å². The summed E-state index contributed by atoms with van der Waals surface area (Å²) in [7, 11) is -2.20. The molecule has 4 N–H and O–H groups in total. The van der Waals surface area contributed by atoms with Crippen LogP contribution in [0.2, 0.25) is 0 Å². The number of rotatable bonds is 9. The van der Waals surface area contributed by atoms with Gasteiger partial charge in [0, 0.05) is 24.3 Å². The van der Waals surface area contributed by atoms with Gasteiger partial charge in [-0.25, -0.2) is 13.1 Å². The Bertz CT molecular complexity index is 900. The summed E-state index contributed by atoms with van der Waals surface area (Å²) in [6.45, 7) is 2.64. The molecule has 2 aromatic rings. The maximum absolute atomic E-state index is 12.5. The predicted molar refractivity (Wildman–Crippen MR) is 103 cm³/mol. The van der Waals surface area contributed by atoms with Crippen LogP contribution in [0.25, 0.3) is 0 Å². The number of carbonyl (C=O) groups is 1. The fourth-order valence-electron chi connectivity index (χ4n) is 2.30. The molecule has 1 amide bonds. The van der Waals surface area contributed by atoms with E-state index in [9.17, 15) is 13.2 Å². The molecule has 146 valence electrons. The average Bonchev–Trinajstić information content (AvgIpc) is 2.67. The first-order valence-corrected chi connectivity index (χ1v) is 9.81. The van der Waals surface area contributed by atoms with E-state index in [4.69, 9.17) is 15.2 Å². The summed E-state index contributed by atoms with van der Waals surface area (Å²) >= 11 is 0. The Morgan fingerprint density at radius 3 is 2.59 bits per heavy atom. The molecule has 0 aromatic heterocycles. The second kappa shape index (κ2) is 9.36. The molecule has 8 nitrogen and oxygen atoms in total. The van der Waals surface area contributed by atoms with Crippen molar-refractivity contribution in [1.29, 1.82) is 0 Å². The topological polar surface area (TPSA) is 120 Å². The van der Waals surface area contributed by atoms with Crippen LogP contribution in [0.4, 0.5) is 5.69 Å². The van der Waals surface area contributed by atoms with Crippen LogP contribution < -0.4 is 25.2 Å². The van der Waals surface area contributed by atoms with Crippen molar-refractivity contribution in [1.82, 2.24) is 4.72 Å². The fourth-order valence-corrected chi connectivity index (χ4v) is 3.40. The van der Waals surface area contributed by atoms with Crippen LogP contribution in [0.15, 0.2) is 47.4 Å². The third-order valence-corrected chi connectivity index (χ3v) is 5.02. The molecule has 0 aliphatic rings. The van der Waals surface area contributed by atoms with Crippen LogP contribution in [0.5, 0.6) is 11.5 Å². The number of nitrogens with one attached hydrogen (secondary N) is 2. The first-order valence-electron chi connectivity index (χ1n) is 8.33. The Labute approximate surface area is 158 Å². The van der Waals surface area contributed by atoms with Gasteiger partial charge in [0.25, 0.3) is 5.91 Å². The van der Waals surface area contributed by atoms with E-state index >= 15 is 0 Å². The third kappa shape index (κ3) is 5.43. The molecule has 0 fully saturated rings. The zero-order valence-electron chi connectivity index (χ0n) is 15.2. The third-order valence-electron chi connectivity index (χ3n) is 3.56. The lowest BCUT2D eigenvalue weighted by Gasteiger charge is -2.12. The lowest BCUT2D eigenvalue weighted by Crippen LogP contribution is -2.29. The van der Waals surface area contributed by atoms with Gasteiger partial charge in [-0.05, 0) is 43.3 Å². The normalized spacial score (nSPS) is 11.1. The Morgan fingerprint density at radius 1 is 1.15 bits per heavy atom. The highest BCUT2D eigenvalue weighted by Gasteiger charge is 2.15. The Kier molecular flexibility index (Phi) is 7.17. The molecule has 2 rings (SSSR count). The minimum atomic E-state index is -3.69. The van der Waals surface area contributed by atoms with Crippen molar-refractivity contribution in [2.45, 2.75) is 11.8 Å². The highest BCUT2D eigenvalue weighted by atomic mass is 32.2. The number of benzene rings is 2. The molecule has 2 aromatic carbocycles. The SMILES string of the molecule is CCOc1ccc(C(=O)Nc2cccc(S(=O)(=O)NCCN)c2)cc1OC. The smallest absolute Gasteiger partial charge is 0.255 e. The minimum absolute atomic E-state index is 0.0398. The summed E-state index contributed by atoms with van der Waals surface area (Å²) in [5.74, 6) is 0.572. The highest BCUT2D eigenvalue weighted by Crippen LogP contribution is 2.28. The van der Waals surface area contributed by atoms with E-state index in [2.05, 4.69) is 10.0 Å². The van der Waals surface area contributed by atoms with E-state index in [0.29, 0.717) is 29.4 Å². The van der Waals surface area contributed by atoms with Crippen molar-refractivity contribution in [3.8, 4) is 11.5 Å². The number of nitrogens with two attached hydrogens (primary N) is 1. The van der Waals surface area contributed by atoms with E-state index in [0.717, 1.165) is 0 Å². The Morgan fingerprint density at radius 2 is 1.93 bits per heavy atom. The molecule has 0 radical (unpaired) electrons. The van der Waals surface area contributed by atoms with Crippen molar-refractivity contribution in [2.24, 2.45) is 5.73 Å². The maximum atomic E-state index is 12.5. The molecule has 0 unspecified atom stereocenters. The quantitative estimate of drug-likeness (QED) is 0.595. The van der Waals surface area contributed by atoms with Crippen molar-refractivity contribution in [3.63, 3.8) is 0 Å². The second-order valence-electron chi connectivity index (χ2n) is 5.47. The summed E-state index contributed by atoms with van der Waals surface area (Å²) in [6.07, 6.45) is 0. The molecular formula is C18H23N3O5S. The first kappa shape index (κ1) is 20.7. The molecule has 0 saturated carbocycles. The number of methoxy groups -OCH3 is 1. The van der Waals surface area contributed by atoms with E-state index in [1.165, 1.54) is 19.2 Å². The summed E-state index contributed by atoms with van der Waals surface area (Å²) < 4.78 is 37.4. The predicted octanol–water partition coefficient (Wildman–Crippen LogP) is 1.58. The second-order valence-corrected chi connectivity index (χ2v) is 7.23. The lowest BCUT2D eigenvalue weighted by atomic mass is 10.2. The molecule has 0 spiro atoms. The number of carbonyl (C=O) groups excluding carboxylic acids is 1. The van der Waals surface area contributed by atoms with Crippen LogP contribution in [0.3, 0.4) is 0 Å². The summed E-state index contributed by atoms with van der Waals surface area (Å²) in [5, 5.41) is 2.68. The standard InChI is InChI=1S/C18H23N3O5S/c1-3-26-16-8-7-13(11-17(16)25-2)18(22)21-14-5-4-6-15(12-14)27(23,24)20-10-9-19/h4-8,11-12,20H,3,9-10,19H2,1-2H3,(H,21,22). The number of ether oxygens (including phenoxy) is 2. The zero-order chi connectivity index (χ0) is 19.9. The number of amides is 1. The van der Waals surface area contributed by atoms with Crippen LogP contribution in [-0.4, -0.2) is 41.1 Å². The summed E-state index contributed by atoms with van der Waals surface area (Å²) in [5.41, 5.74) is 6.03. The molecule has 9 heteroatoms. The van der Waals surface area contributed by atoms with Crippen LogP contribution in [-0.2, 0) is 10.0 Å². The first-order chi connectivity index (χ1) is 12.9. The van der Waals surface area contributed by atoms with Gasteiger partial charge >= 0.3 is 0 Å². The molecule has 0 atom stereocenters. The number of hydrogen-bond donors (Lipinski definition) is 3. The summed E-state index contributed by atoms with van der Waals surface area (Å²) in [4.78, 5) is 12.5. The van der Waals surface area contributed by atoms with Gasteiger partial charge in [-0.1, -0.05) is 6.07 Å². The lowest BCUT2D eigenvalue weighted by molar-refractivity contribution is 0.102. The zero-order valence-corrected chi connectivity index (χ0v) is 16.0. The fraction of sp³-hybridized carbons (Fsp3) is 0.278. The molecule has 0 aliphatic heterocycles. The molecular weight excluding hydrogens is 370 g/mol. The minimum Gasteiger partial charge on any atom is -0.493 e.